The van der Waals surface area contributed by atoms with Crippen LogP contribution in [0.2, 0.25) is 5.02 Å². The zero-order chi connectivity index (χ0) is 10.1. The van der Waals surface area contributed by atoms with Crippen molar-refractivity contribution in [3.63, 3.8) is 0 Å². The maximum Gasteiger partial charge on any atom is 0.295 e. The number of halogens is 1. The first-order valence-electron chi connectivity index (χ1n) is 3.13. The van der Waals surface area contributed by atoms with E-state index in [4.69, 9.17) is 21.4 Å². The van der Waals surface area contributed by atoms with Gasteiger partial charge in [-0.15, -0.1) is 0 Å². The zero-order valence-electron chi connectivity index (χ0n) is 6.23. The molecule has 1 rings (SSSR count). The summed E-state index contributed by atoms with van der Waals surface area (Å²) in [5, 5.41) is 8.55. The molecule has 0 atom stereocenters. The lowest BCUT2D eigenvalue weighted by Crippen LogP contribution is -2.01. The zero-order valence-corrected chi connectivity index (χ0v) is 7.80. The third-order valence-corrected chi connectivity index (χ3v) is 2.58. The molecule has 1 aromatic carbocycles. The molecule has 0 heterocycles. The first-order chi connectivity index (χ1) is 5.96. The Bertz CT molecular complexity index is 475. The molecular weight excluding hydrogens is 214 g/mol. The predicted molar refractivity (Wildman–Crippen MR) is 46.0 cm³/mol. The van der Waals surface area contributed by atoms with E-state index in [-0.39, 0.29) is 10.6 Å². The van der Waals surface area contributed by atoms with Crippen LogP contribution in [0.3, 0.4) is 0 Å². The Labute approximate surface area is 80.1 Å². The van der Waals surface area contributed by atoms with Crippen LogP contribution in [0.4, 0.5) is 0 Å². The summed E-state index contributed by atoms with van der Waals surface area (Å²) in [4.78, 5) is -0.470. The van der Waals surface area contributed by atoms with Crippen LogP contribution in [0.1, 0.15) is 5.56 Å². The fourth-order valence-corrected chi connectivity index (χ4v) is 1.76. The third-order valence-electron chi connectivity index (χ3n) is 1.37. The highest BCUT2D eigenvalue weighted by atomic mass is 35.5. The van der Waals surface area contributed by atoms with Crippen LogP contribution in [0.25, 0.3) is 0 Å². The second-order valence-electron chi connectivity index (χ2n) is 2.20. The van der Waals surface area contributed by atoms with Gasteiger partial charge in [-0.3, -0.25) is 4.55 Å². The molecule has 0 aliphatic carbocycles. The van der Waals surface area contributed by atoms with E-state index in [0.29, 0.717) is 0 Å². The molecule has 0 aliphatic heterocycles. The van der Waals surface area contributed by atoms with Crippen LogP contribution in [-0.4, -0.2) is 13.0 Å². The van der Waals surface area contributed by atoms with E-state index in [1.807, 2.05) is 0 Å². The monoisotopic (exact) mass is 217 g/mol. The van der Waals surface area contributed by atoms with Crippen molar-refractivity contribution < 1.29 is 13.0 Å². The van der Waals surface area contributed by atoms with Gasteiger partial charge in [0, 0.05) is 0 Å². The fourth-order valence-electron chi connectivity index (χ4n) is 0.828. The highest BCUT2D eigenvalue weighted by Gasteiger charge is 2.16. The lowest BCUT2D eigenvalue weighted by Gasteiger charge is -2.00. The molecule has 0 amide bonds. The summed E-state index contributed by atoms with van der Waals surface area (Å²) in [5.74, 6) is 0. The SMILES string of the molecule is N#Cc1c(Cl)cccc1S(=O)(=O)O. The van der Waals surface area contributed by atoms with E-state index in [9.17, 15) is 8.42 Å². The summed E-state index contributed by atoms with van der Waals surface area (Å²) < 4.78 is 30.1. The third kappa shape index (κ3) is 1.98. The Kier molecular flexibility index (Phi) is 2.57. The van der Waals surface area contributed by atoms with E-state index in [2.05, 4.69) is 0 Å². The summed E-state index contributed by atoms with van der Waals surface area (Å²) in [6, 6.07) is 5.42. The Morgan fingerprint density at radius 3 is 2.46 bits per heavy atom. The van der Waals surface area contributed by atoms with Crippen LogP contribution in [0.5, 0.6) is 0 Å². The molecule has 4 nitrogen and oxygen atoms in total. The average molecular weight is 218 g/mol. The summed E-state index contributed by atoms with van der Waals surface area (Å²) in [6.07, 6.45) is 0. The summed E-state index contributed by atoms with van der Waals surface area (Å²) >= 11 is 5.54. The highest BCUT2D eigenvalue weighted by molar-refractivity contribution is 7.85. The molecule has 68 valence electrons. The van der Waals surface area contributed by atoms with E-state index in [0.717, 1.165) is 6.07 Å². The van der Waals surface area contributed by atoms with Gasteiger partial charge in [0.1, 0.15) is 11.0 Å². The van der Waals surface area contributed by atoms with Gasteiger partial charge in [0.05, 0.1) is 10.6 Å². The van der Waals surface area contributed by atoms with E-state index >= 15 is 0 Å². The molecule has 0 aliphatic rings. The first kappa shape index (κ1) is 9.99. The standard InChI is InChI=1S/C7H4ClNO3S/c8-6-2-1-3-7(5(6)4-9)13(10,11)12/h1-3H,(H,10,11,12). The Morgan fingerprint density at radius 1 is 1.46 bits per heavy atom. The van der Waals surface area contributed by atoms with Gasteiger partial charge in [-0.1, -0.05) is 17.7 Å². The average Bonchev–Trinajstić information content (AvgIpc) is 2.02. The number of benzene rings is 1. The van der Waals surface area contributed by atoms with Crippen LogP contribution in [-0.2, 0) is 10.1 Å². The highest BCUT2D eigenvalue weighted by Crippen LogP contribution is 2.22. The minimum Gasteiger partial charge on any atom is -0.282 e. The number of hydrogen-bond donors (Lipinski definition) is 1. The summed E-state index contributed by atoms with van der Waals surface area (Å²) in [5.41, 5.74) is -0.244. The molecule has 1 N–H and O–H groups in total. The normalized spacial score (nSPS) is 10.8. The quantitative estimate of drug-likeness (QED) is 0.723. The topological polar surface area (TPSA) is 78.2 Å². The van der Waals surface area contributed by atoms with Crippen LogP contribution in [0.15, 0.2) is 23.1 Å². The molecule has 0 fully saturated rings. The van der Waals surface area contributed by atoms with Gasteiger partial charge in [0.2, 0.25) is 0 Å². The van der Waals surface area contributed by atoms with Gasteiger partial charge >= 0.3 is 0 Å². The molecule has 0 bridgehead atoms. The molecule has 0 saturated carbocycles. The molecule has 13 heavy (non-hydrogen) atoms. The molecule has 0 spiro atoms. The van der Waals surface area contributed by atoms with Gasteiger partial charge < -0.3 is 0 Å². The van der Waals surface area contributed by atoms with Crippen molar-refractivity contribution in [2.24, 2.45) is 0 Å². The predicted octanol–water partition coefficient (Wildman–Crippen LogP) is 1.46. The van der Waals surface area contributed by atoms with Crippen molar-refractivity contribution in [3.05, 3.63) is 28.8 Å². The van der Waals surface area contributed by atoms with E-state index < -0.39 is 15.0 Å². The number of rotatable bonds is 1. The van der Waals surface area contributed by atoms with Gasteiger partial charge in [-0.2, -0.15) is 13.7 Å². The number of nitriles is 1. The Balaban J connectivity index is 3.59. The largest absolute Gasteiger partial charge is 0.295 e. The van der Waals surface area contributed by atoms with Crippen molar-refractivity contribution in [3.8, 4) is 6.07 Å². The van der Waals surface area contributed by atoms with E-state index in [1.165, 1.54) is 12.1 Å². The van der Waals surface area contributed by atoms with E-state index in [1.54, 1.807) is 6.07 Å². The second-order valence-corrected chi connectivity index (χ2v) is 4.00. The summed E-state index contributed by atoms with van der Waals surface area (Å²) in [6.45, 7) is 0. The minimum absolute atomic E-state index is 0.00220. The van der Waals surface area contributed by atoms with Crippen molar-refractivity contribution >= 4 is 21.7 Å². The number of hydrogen-bond acceptors (Lipinski definition) is 3. The lowest BCUT2D eigenvalue weighted by atomic mass is 10.2. The fraction of sp³-hybridized carbons (Fsp3) is 0. The second kappa shape index (κ2) is 3.34. The van der Waals surface area contributed by atoms with Crippen molar-refractivity contribution in [2.75, 3.05) is 0 Å². The Hall–Kier alpha value is -1.09. The van der Waals surface area contributed by atoms with Gasteiger partial charge in [-0.05, 0) is 12.1 Å². The van der Waals surface area contributed by atoms with Crippen LogP contribution < -0.4 is 0 Å². The molecular formula is C7H4ClNO3S. The van der Waals surface area contributed by atoms with Gasteiger partial charge in [-0.25, -0.2) is 0 Å². The maximum atomic E-state index is 10.7. The molecule has 6 heteroatoms. The summed E-state index contributed by atoms with van der Waals surface area (Å²) in [7, 11) is -4.38. The lowest BCUT2D eigenvalue weighted by molar-refractivity contribution is 0.483. The minimum atomic E-state index is -4.38. The maximum absolute atomic E-state index is 10.7. The molecule has 1 aromatic rings. The molecule has 0 unspecified atom stereocenters. The van der Waals surface area contributed by atoms with Crippen molar-refractivity contribution in [1.82, 2.24) is 0 Å². The van der Waals surface area contributed by atoms with Crippen molar-refractivity contribution in [2.45, 2.75) is 4.90 Å². The number of nitrogens with zero attached hydrogens (tertiary/aromatic N) is 1. The van der Waals surface area contributed by atoms with Crippen molar-refractivity contribution in [1.29, 1.82) is 5.26 Å². The molecule has 0 radical (unpaired) electrons. The molecule has 0 aromatic heterocycles. The Morgan fingerprint density at radius 2 is 2.08 bits per heavy atom. The molecule has 0 saturated heterocycles. The van der Waals surface area contributed by atoms with Crippen LogP contribution >= 0.6 is 11.6 Å². The van der Waals surface area contributed by atoms with Gasteiger partial charge in [0.15, 0.2) is 0 Å². The smallest absolute Gasteiger partial charge is 0.282 e. The van der Waals surface area contributed by atoms with Crippen LogP contribution in [0, 0.1) is 11.3 Å². The first-order valence-corrected chi connectivity index (χ1v) is 4.94. The van der Waals surface area contributed by atoms with Gasteiger partial charge in [0.25, 0.3) is 10.1 Å².